The third-order valence-corrected chi connectivity index (χ3v) is 4.23. The molecule has 24 heavy (non-hydrogen) atoms. The van der Waals surface area contributed by atoms with Gasteiger partial charge in [-0.2, -0.15) is 0 Å². The Balaban J connectivity index is 1.94. The van der Waals surface area contributed by atoms with Gasteiger partial charge in [0, 0.05) is 23.1 Å². The molecule has 0 aliphatic heterocycles. The van der Waals surface area contributed by atoms with Crippen molar-refractivity contribution in [3.63, 3.8) is 0 Å². The molecule has 0 fully saturated rings. The van der Waals surface area contributed by atoms with Crippen molar-refractivity contribution in [2.45, 2.75) is 32.6 Å². The molecule has 0 heterocycles. The van der Waals surface area contributed by atoms with E-state index in [1.165, 1.54) is 0 Å². The molecule has 0 unspecified atom stereocenters. The molecule has 1 N–H and O–H groups in total. The van der Waals surface area contributed by atoms with Crippen molar-refractivity contribution in [2.75, 3.05) is 5.32 Å². The largest absolute Gasteiger partial charge is 0.325 e. The van der Waals surface area contributed by atoms with E-state index in [4.69, 9.17) is 0 Å². The van der Waals surface area contributed by atoms with Crippen molar-refractivity contribution in [1.82, 2.24) is 0 Å². The quantitative estimate of drug-likeness (QED) is 0.723. The summed E-state index contributed by atoms with van der Waals surface area (Å²) in [6, 6.07) is 11.8. The molecule has 0 bridgehead atoms. The molecule has 122 valence electrons. The molecule has 1 amide bonds. The molecular formula is C20H19NO3. The first kappa shape index (κ1) is 16.1. The summed E-state index contributed by atoms with van der Waals surface area (Å²) in [5, 5.41) is 2.80. The molecule has 0 saturated heterocycles. The van der Waals surface area contributed by atoms with Gasteiger partial charge >= 0.3 is 0 Å². The van der Waals surface area contributed by atoms with Gasteiger partial charge < -0.3 is 5.32 Å². The van der Waals surface area contributed by atoms with Crippen molar-refractivity contribution in [2.24, 2.45) is 0 Å². The van der Waals surface area contributed by atoms with Crippen molar-refractivity contribution >= 4 is 23.2 Å². The second kappa shape index (κ2) is 6.79. The second-order valence-corrected chi connectivity index (χ2v) is 5.94. The summed E-state index contributed by atoms with van der Waals surface area (Å²) in [4.78, 5) is 37.5. The number of hydrogen-bond donors (Lipinski definition) is 1. The zero-order chi connectivity index (χ0) is 17.1. The van der Waals surface area contributed by atoms with Gasteiger partial charge in [-0.1, -0.05) is 56.2 Å². The molecule has 2 aromatic carbocycles. The fraction of sp³-hybridized carbons (Fsp3) is 0.250. The first-order valence-corrected chi connectivity index (χ1v) is 8.24. The van der Waals surface area contributed by atoms with Crippen LogP contribution in [0.4, 0.5) is 5.69 Å². The average Bonchev–Trinajstić information content (AvgIpc) is 2.60. The van der Waals surface area contributed by atoms with Gasteiger partial charge in [-0.15, -0.1) is 0 Å². The van der Waals surface area contributed by atoms with Crippen LogP contribution in [0.25, 0.3) is 0 Å². The van der Waals surface area contributed by atoms with Gasteiger partial charge in [-0.05, 0) is 12.5 Å². The lowest BCUT2D eigenvalue weighted by Gasteiger charge is -2.20. The third kappa shape index (κ3) is 2.87. The highest BCUT2D eigenvalue weighted by Gasteiger charge is 2.31. The fourth-order valence-electron chi connectivity index (χ4n) is 3.00. The van der Waals surface area contributed by atoms with E-state index in [0.717, 1.165) is 19.3 Å². The number of carbonyl (C=O) groups is 3. The van der Waals surface area contributed by atoms with Crippen LogP contribution in [0, 0.1) is 0 Å². The molecule has 0 aromatic heterocycles. The first-order chi connectivity index (χ1) is 11.6. The van der Waals surface area contributed by atoms with Crippen LogP contribution < -0.4 is 5.32 Å². The van der Waals surface area contributed by atoms with Crippen LogP contribution in [0.15, 0.2) is 42.5 Å². The van der Waals surface area contributed by atoms with Crippen molar-refractivity contribution in [3.8, 4) is 0 Å². The van der Waals surface area contributed by atoms with Gasteiger partial charge in [-0.3, -0.25) is 14.4 Å². The van der Waals surface area contributed by atoms with E-state index in [1.807, 2.05) is 0 Å². The van der Waals surface area contributed by atoms with Gasteiger partial charge in [-0.25, -0.2) is 0 Å². The summed E-state index contributed by atoms with van der Waals surface area (Å²) in [6.07, 6.45) is 3.26. The number of unbranched alkanes of at least 4 members (excludes halogenated alkanes) is 2. The Kier molecular flexibility index (Phi) is 4.56. The zero-order valence-electron chi connectivity index (χ0n) is 13.6. The lowest BCUT2D eigenvalue weighted by atomic mass is 9.83. The molecule has 1 aliphatic rings. The van der Waals surface area contributed by atoms with E-state index in [1.54, 1.807) is 42.5 Å². The Morgan fingerprint density at radius 3 is 2.25 bits per heavy atom. The van der Waals surface area contributed by atoms with Crippen LogP contribution in [-0.4, -0.2) is 17.5 Å². The van der Waals surface area contributed by atoms with Crippen LogP contribution in [0.5, 0.6) is 0 Å². The van der Waals surface area contributed by atoms with Gasteiger partial charge in [0.25, 0.3) is 0 Å². The number of rotatable bonds is 5. The molecule has 4 heteroatoms. The Bertz CT molecular complexity index is 823. The molecular weight excluding hydrogens is 302 g/mol. The minimum absolute atomic E-state index is 0.129. The van der Waals surface area contributed by atoms with Crippen molar-refractivity contribution in [1.29, 1.82) is 0 Å². The maximum Gasteiger partial charge on any atom is 0.224 e. The van der Waals surface area contributed by atoms with E-state index in [9.17, 15) is 14.4 Å². The number of hydrogen-bond acceptors (Lipinski definition) is 3. The highest BCUT2D eigenvalue weighted by Crippen LogP contribution is 2.31. The van der Waals surface area contributed by atoms with Crippen molar-refractivity contribution in [3.05, 3.63) is 64.7 Å². The molecule has 0 saturated carbocycles. The summed E-state index contributed by atoms with van der Waals surface area (Å²) in [6.45, 7) is 2.08. The second-order valence-electron chi connectivity index (χ2n) is 5.94. The Morgan fingerprint density at radius 1 is 0.875 bits per heavy atom. The summed E-state index contributed by atoms with van der Waals surface area (Å²) < 4.78 is 0. The summed E-state index contributed by atoms with van der Waals surface area (Å²) >= 11 is 0. The summed E-state index contributed by atoms with van der Waals surface area (Å²) in [5.74, 6) is -0.525. The van der Waals surface area contributed by atoms with Crippen LogP contribution >= 0.6 is 0 Å². The Hall–Kier alpha value is -2.75. The van der Waals surface area contributed by atoms with E-state index in [2.05, 4.69) is 12.2 Å². The molecule has 0 radical (unpaired) electrons. The highest BCUT2D eigenvalue weighted by molar-refractivity contribution is 6.30. The third-order valence-electron chi connectivity index (χ3n) is 4.23. The van der Waals surface area contributed by atoms with E-state index >= 15 is 0 Å². The minimum Gasteiger partial charge on any atom is -0.325 e. The number of carbonyl (C=O) groups excluding carboxylic acids is 3. The molecule has 0 atom stereocenters. The number of benzene rings is 2. The van der Waals surface area contributed by atoms with Gasteiger partial charge in [0.15, 0.2) is 11.6 Å². The van der Waals surface area contributed by atoms with Gasteiger partial charge in [0.1, 0.15) is 0 Å². The van der Waals surface area contributed by atoms with Crippen LogP contribution in [0.1, 0.15) is 64.4 Å². The van der Waals surface area contributed by atoms with E-state index < -0.39 is 0 Å². The van der Waals surface area contributed by atoms with Gasteiger partial charge in [0.05, 0.1) is 11.3 Å². The number of nitrogens with one attached hydrogen (secondary N) is 1. The average molecular weight is 321 g/mol. The molecule has 2 aromatic rings. The molecule has 4 nitrogen and oxygen atoms in total. The molecule has 3 rings (SSSR count). The lowest BCUT2D eigenvalue weighted by molar-refractivity contribution is -0.116. The van der Waals surface area contributed by atoms with E-state index in [0.29, 0.717) is 34.4 Å². The maximum absolute atomic E-state index is 12.8. The normalized spacial score (nSPS) is 12.5. The van der Waals surface area contributed by atoms with Crippen LogP contribution in [0.2, 0.25) is 0 Å². The Labute approximate surface area is 140 Å². The number of ketones is 2. The minimum atomic E-state index is -0.218. The molecule has 1 aliphatic carbocycles. The number of amides is 1. The van der Waals surface area contributed by atoms with Gasteiger partial charge in [0.2, 0.25) is 5.91 Å². The summed E-state index contributed by atoms with van der Waals surface area (Å²) in [7, 11) is 0. The standard InChI is InChI=1S/C20H19NO3/c1-2-3-4-12-17(22)21-16-11-7-10-15-18(16)20(24)14-9-6-5-8-13(14)19(15)23/h5-11H,2-4,12H2,1H3,(H,21,22). The number of anilines is 1. The van der Waals surface area contributed by atoms with Crippen LogP contribution in [0.3, 0.4) is 0 Å². The fourth-order valence-corrected chi connectivity index (χ4v) is 3.00. The smallest absolute Gasteiger partial charge is 0.224 e. The summed E-state index contributed by atoms with van der Waals surface area (Å²) in [5.41, 5.74) is 1.88. The van der Waals surface area contributed by atoms with E-state index in [-0.39, 0.29) is 17.5 Å². The topological polar surface area (TPSA) is 63.2 Å². The van der Waals surface area contributed by atoms with Crippen molar-refractivity contribution < 1.29 is 14.4 Å². The SMILES string of the molecule is CCCCCC(=O)Nc1cccc2c1C(=O)c1ccccc1C2=O. The molecule has 0 spiro atoms. The monoisotopic (exact) mass is 321 g/mol. The predicted molar refractivity (Wildman–Crippen MR) is 92.5 cm³/mol. The maximum atomic E-state index is 12.8. The zero-order valence-corrected chi connectivity index (χ0v) is 13.6. The lowest BCUT2D eigenvalue weighted by Crippen LogP contribution is -2.23. The first-order valence-electron chi connectivity index (χ1n) is 8.24. The van der Waals surface area contributed by atoms with Crippen LogP contribution in [-0.2, 0) is 4.79 Å². The number of fused-ring (bicyclic) bond motifs is 2. The highest BCUT2D eigenvalue weighted by atomic mass is 16.2. The Morgan fingerprint density at radius 2 is 1.54 bits per heavy atom. The predicted octanol–water partition coefficient (Wildman–Crippen LogP) is 3.98.